The van der Waals surface area contributed by atoms with Gasteiger partial charge in [0.15, 0.2) is 0 Å². The quantitative estimate of drug-likeness (QED) is 0.667. The van der Waals surface area contributed by atoms with Gasteiger partial charge >= 0.3 is 5.69 Å². The van der Waals surface area contributed by atoms with Crippen molar-refractivity contribution in [1.82, 2.24) is 0 Å². The minimum Gasteiger partial charge on any atom is -0.381 e. The van der Waals surface area contributed by atoms with E-state index in [9.17, 15) is 18.9 Å². The highest BCUT2D eigenvalue weighted by Gasteiger charge is 2.16. The van der Waals surface area contributed by atoms with E-state index in [0.717, 1.165) is 6.07 Å². The number of nitrogens with zero attached hydrogens (tertiary/aromatic N) is 1. The van der Waals surface area contributed by atoms with Crippen molar-refractivity contribution in [2.24, 2.45) is 0 Å². The van der Waals surface area contributed by atoms with Gasteiger partial charge in [-0.05, 0) is 34.1 Å². The van der Waals surface area contributed by atoms with Crippen LogP contribution in [-0.4, -0.2) is 4.92 Å². The summed E-state index contributed by atoms with van der Waals surface area (Å²) in [6.07, 6.45) is 0. The molecular weight excluding hydrogens is 334 g/mol. The Kier molecular flexibility index (Phi) is 4.29. The molecule has 2 rings (SSSR count). The third kappa shape index (κ3) is 3.11. The Morgan fingerprint density at radius 2 is 2.00 bits per heavy atom. The molecule has 4 nitrogen and oxygen atoms in total. The molecule has 0 spiro atoms. The molecule has 0 atom stereocenters. The third-order valence-electron chi connectivity index (χ3n) is 2.66. The largest absolute Gasteiger partial charge is 0.381 e. The molecule has 0 fully saturated rings. The smallest absolute Gasteiger partial charge is 0.305 e. The number of benzene rings is 2. The molecular formula is C13H9BrF2N2O2. The highest BCUT2D eigenvalue weighted by molar-refractivity contribution is 9.10. The van der Waals surface area contributed by atoms with Crippen molar-refractivity contribution >= 4 is 27.3 Å². The van der Waals surface area contributed by atoms with Gasteiger partial charge in [0.1, 0.15) is 5.82 Å². The number of nitrogens with one attached hydrogen (secondary N) is 1. The Bertz CT molecular complexity index is 665. The number of hydrogen-bond donors (Lipinski definition) is 1. The van der Waals surface area contributed by atoms with Gasteiger partial charge in [0, 0.05) is 23.9 Å². The zero-order chi connectivity index (χ0) is 14.7. The predicted molar refractivity (Wildman–Crippen MR) is 74.5 cm³/mol. The molecule has 7 heteroatoms. The van der Waals surface area contributed by atoms with E-state index >= 15 is 0 Å². The van der Waals surface area contributed by atoms with Crippen LogP contribution >= 0.6 is 15.9 Å². The molecule has 2 aromatic carbocycles. The second-order valence-corrected chi connectivity index (χ2v) is 4.84. The molecule has 0 aromatic heterocycles. The zero-order valence-corrected chi connectivity index (χ0v) is 11.7. The van der Waals surface area contributed by atoms with E-state index in [-0.39, 0.29) is 12.1 Å². The Morgan fingerprint density at radius 3 is 2.65 bits per heavy atom. The number of halogens is 3. The van der Waals surface area contributed by atoms with Gasteiger partial charge in [0.25, 0.3) is 0 Å². The van der Waals surface area contributed by atoms with Gasteiger partial charge < -0.3 is 5.32 Å². The lowest BCUT2D eigenvalue weighted by atomic mass is 10.2. The summed E-state index contributed by atoms with van der Waals surface area (Å²) in [7, 11) is 0. The minimum absolute atomic E-state index is 0.0224. The predicted octanol–water partition coefficient (Wildman–Crippen LogP) is 4.25. The summed E-state index contributed by atoms with van der Waals surface area (Å²) in [6, 6.07) is 8.31. The van der Waals surface area contributed by atoms with Crippen LogP contribution in [0.1, 0.15) is 5.56 Å². The van der Waals surface area contributed by atoms with Gasteiger partial charge in [-0.25, -0.2) is 4.39 Å². The molecule has 20 heavy (non-hydrogen) atoms. The molecule has 0 saturated carbocycles. The highest BCUT2D eigenvalue weighted by atomic mass is 79.9. The normalized spacial score (nSPS) is 10.3. The summed E-state index contributed by atoms with van der Waals surface area (Å²) in [4.78, 5) is 9.84. The molecule has 0 radical (unpaired) electrons. The van der Waals surface area contributed by atoms with Gasteiger partial charge in [-0.3, -0.25) is 10.1 Å². The second-order valence-electron chi connectivity index (χ2n) is 3.99. The van der Waals surface area contributed by atoms with Crippen LogP contribution in [0, 0.1) is 21.7 Å². The van der Waals surface area contributed by atoms with Crippen molar-refractivity contribution in [3.05, 3.63) is 68.2 Å². The van der Waals surface area contributed by atoms with Crippen molar-refractivity contribution in [1.29, 1.82) is 0 Å². The SMILES string of the molecule is O=[N+]([O-])c1cccc(CNc2ccc(Br)c(F)c2)c1F. The first-order valence-corrected chi connectivity index (χ1v) is 6.39. The summed E-state index contributed by atoms with van der Waals surface area (Å²) in [5, 5.41) is 13.4. The average molecular weight is 343 g/mol. The van der Waals surface area contributed by atoms with Gasteiger partial charge in [0.05, 0.1) is 9.40 Å². The molecule has 0 bridgehead atoms. The summed E-state index contributed by atoms with van der Waals surface area (Å²) in [5.74, 6) is -1.34. The lowest BCUT2D eigenvalue weighted by molar-refractivity contribution is -0.387. The van der Waals surface area contributed by atoms with Gasteiger partial charge in [-0.1, -0.05) is 12.1 Å². The molecule has 2 aromatic rings. The van der Waals surface area contributed by atoms with Crippen LogP contribution in [0.5, 0.6) is 0 Å². The fraction of sp³-hybridized carbons (Fsp3) is 0.0769. The van der Waals surface area contributed by atoms with Gasteiger partial charge in [-0.15, -0.1) is 0 Å². The first kappa shape index (κ1) is 14.4. The van der Waals surface area contributed by atoms with E-state index in [4.69, 9.17) is 0 Å². The fourth-order valence-corrected chi connectivity index (χ4v) is 1.89. The number of nitro benzene ring substituents is 1. The first-order chi connectivity index (χ1) is 9.49. The van der Waals surface area contributed by atoms with Crippen molar-refractivity contribution in [2.45, 2.75) is 6.54 Å². The standard InChI is InChI=1S/C13H9BrF2N2O2/c14-10-5-4-9(6-11(10)15)17-7-8-2-1-3-12(13(8)16)18(19)20/h1-6,17H,7H2. The third-order valence-corrected chi connectivity index (χ3v) is 3.30. The van der Waals surface area contributed by atoms with Crippen LogP contribution in [0.2, 0.25) is 0 Å². The monoisotopic (exact) mass is 342 g/mol. The van der Waals surface area contributed by atoms with Crippen LogP contribution in [0.25, 0.3) is 0 Å². The molecule has 0 saturated heterocycles. The summed E-state index contributed by atoms with van der Waals surface area (Å²) in [5.41, 5.74) is 0.0189. The Balaban J connectivity index is 2.17. The zero-order valence-electron chi connectivity index (χ0n) is 10.1. The average Bonchev–Trinajstić information content (AvgIpc) is 2.41. The Hall–Kier alpha value is -2.02. The van der Waals surface area contributed by atoms with E-state index in [1.165, 1.54) is 24.3 Å². The maximum absolute atomic E-state index is 13.8. The molecule has 0 aliphatic heterocycles. The Labute approximate surface area is 121 Å². The van der Waals surface area contributed by atoms with Crippen molar-refractivity contribution in [2.75, 3.05) is 5.32 Å². The van der Waals surface area contributed by atoms with Crippen molar-refractivity contribution in [3.8, 4) is 0 Å². The second kappa shape index (κ2) is 5.96. The number of rotatable bonds is 4. The number of anilines is 1. The fourth-order valence-electron chi connectivity index (χ4n) is 1.65. The molecule has 0 heterocycles. The van der Waals surface area contributed by atoms with Crippen LogP contribution in [0.4, 0.5) is 20.2 Å². The van der Waals surface area contributed by atoms with Crippen LogP contribution in [0.15, 0.2) is 40.9 Å². The first-order valence-electron chi connectivity index (χ1n) is 5.59. The van der Waals surface area contributed by atoms with Crippen LogP contribution < -0.4 is 5.32 Å². The highest BCUT2D eigenvalue weighted by Crippen LogP contribution is 2.23. The van der Waals surface area contributed by atoms with E-state index < -0.39 is 22.2 Å². The summed E-state index contributed by atoms with van der Waals surface area (Å²) in [6.45, 7) is 0.0224. The van der Waals surface area contributed by atoms with Crippen molar-refractivity contribution < 1.29 is 13.7 Å². The minimum atomic E-state index is -0.886. The van der Waals surface area contributed by atoms with Crippen LogP contribution in [0.3, 0.4) is 0 Å². The lowest BCUT2D eigenvalue weighted by Crippen LogP contribution is -2.04. The van der Waals surface area contributed by atoms with Crippen LogP contribution in [-0.2, 0) is 6.54 Å². The summed E-state index contributed by atoms with van der Waals surface area (Å²) >= 11 is 3.02. The van der Waals surface area contributed by atoms with E-state index in [1.807, 2.05) is 0 Å². The molecule has 0 amide bonds. The maximum atomic E-state index is 13.8. The Morgan fingerprint density at radius 1 is 1.25 bits per heavy atom. The maximum Gasteiger partial charge on any atom is 0.305 e. The van der Waals surface area contributed by atoms with E-state index in [0.29, 0.717) is 10.2 Å². The topological polar surface area (TPSA) is 55.2 Å². The van der Waals surface area contributed by atoms with E-state index in [1.54, 1.807) is 6.07 Å². The van der Waals surface area contributed by atoms with Gasteiger partial charge in [0.2, 0.25) is 5.82 Å². The molecule has 0 aliphatic carbocycles. The lowest BCUT2D eigenvalue weighted by Gasteiger charge is -2.08. The number of nitro groups is 1. The molecule has 1 N–H and O–H groups in total. The molecule has 0 aliphatic rings. The summed E-state index contributed by atoms with van der Waals surface area (Å²) < 4.78 is 27.4. The van der Waals surface area contributed by atoms with Crippen molar-refractivity contribution in [3.63, 3.8) is 0 Å². The molecule has 0 unspecified atom stereocenters. The van der Waals surface area contributed by atoms with Gasteiger partial charge in [-0.2, -0.15) is 4.39 Å². The number of hydrogen-bond acceptors (Lipinski definition) is 3. The molecule has 104 valence electrons. The van der Waals surface area contributed by atoms with E-state index in [2.05, 4.69) is 21.2 Å².